The van der Waals surface area contributed by atoms with Crippen molar-refractivity contribution >= 4 is 16.2 Å². The minimum atomic E-state index is -3.68. The highest BCUT2D eigenvalue weighted by atomic mass is 32.2. The zero-order chi connectivity index (χ0) is 15.5. The predicted molar refractivity (Wildman–Crippen MR) is 80.2 cm³/mol. The van der Waals surface area contributed by atoms with Crippen LogP contribution in [0.3, 0.4) is 0 Å². The molecule has 21 heavy (non-hydrogen) atoms. The number of carboxylic acid groups (broad SMARTS) is 1. The number of aliphatic carboxylic acids is 1. The molecule has 2 rings (SSSR count). The van der Waals surface area contributed by atoms with Gasteiger partial charge in [0.05, 0.1) is 0 Å². The lowest BCUT2D eigenvalue weighted by Crippen LogP contribution is -2.55. The van der Waals surface area contributed by atoms with E-state index in [-0.39, 0.29) is 6.04 Å². The van der Waals surface area contributed by atoms with E-state index in [0.29, 0.717) is 19.5 Å². The van der Waals surface area contributed by atoms with Crippen LogP contribution in [0.2, 0.25) is 0 Å². The van der Waals surface area contributed by atoms with Crippen molar-refractivity contribution in [2.75, 3.05) is 13.1 Å². The number of rotatable bonds is 5. The minimum absolute atomic E-state index is 0.0325. The lowest BCUT2D eigenvalue weighted by atomic mass is 9.95. The fraction of sp³-hybridized carbons (Fsp3) is 0.929. The second-order valence-electron chi connectivity index (χ2n) is 5.96. The van der Waals surface area contributed by atoms with Crippen LogP contribution in [0.4, 0.5) is 0 Å². The second-order valence-corrected chi connectivity index (χ2v) is 7.80. The van der Waals surface area contributed by atoms with E-state index in [0.717, 1.165) is 44.9 Å². The Hall–Kier alpha value is -0.660. The highest BCUT2D eigenvalue weighted by Crippen LogP contribution is 2.29. The molecule has 2 fully saturated rings. The van der Waals surface area contributed by atoms with Gasteiger partial charge in [0.15, 0.2) is 0 Å². The third kappa shape index (κ3) is 3.57. The van der Waals surface area contributed by atoms with Crippen LogP contribution in [0.1, 0.15) is 58.3 Å². The highest BCUT2D eigenvalue weighted by molar-refractivity contribution is 7.86. The van der Waals surface area contributed by atoms with Crippen molar-refractivity contribution in [3.05, 3.63) is 0 Å². The fourth-order valence-corrected chi connectivity index (χ4v) is 5.60. The lowest BCUT2D eigenvalue weighted by Gasteiger charge is -2.39. The van der Waals surface area contributed by atoms with E-state index in [2.05, 4.69) is 0 Å². The van der Waals surface area contributed by atoms with Gasteiger partial charge in [0, 0.05) is 19.1 Å². The third-order valence-electron chi connectivity index (χ3n) is 4.63. The van der Waals surface area contributed by atoms with E-state index < -0.39 is 22.2 Å². The summed E-state index contributed by atoms with van der Waals surface area (Å²) >= 11 is 0. The Labute approximate surface area is 127 Å². The summed E-state index contributed by atoms with van der Waals surface area (Å²) in [6, 6.07) is -0.869. The maximum absolute atomic E-state index is 12.9. The monoisotopic (exact) mass is 318 g/mol. The van der Waals surface area contributed by atoms with E-state index in [1.54, 1.807) is 0 Å². The van der Waals surface area contributed by atoms with E-state index in [1.165, 1.54) is 8.61 Å². The van der Waals surface area contributed by atoms with Crippen molar-refractivity contribution in [2.45, 2.75) is 70.4 Å². The molecule has 0 radical (unpaired) electrons. The number of piperidine rings is 1. The molecule has 1 saturated carbocycles. The maximum atomic E-state index is 12.9. The Balaban J connectivity index is 2.22. The van der Waals surface area contributed by atoms with Crippen LogP contribution in [0.5, 0.6) is 0 Å². The number of nitrogens with zero attached hydrogens (tertiary/aromatic N) is 2. The summed E-state index contributed by atoms with van der Waals surface area (Å²) in [5.74, 6) is -1.03. The molecular weight excluding hydrogens is 292 g/mol. The number of carboxylic acids is 1. The van der Waals surface area contributed by atoms with Crippen molar-refractivity contribution in [1.29, 1.82) is 0 Å². The number of carbonyl (C=O) groups is 1. The standard InChI is InChI=1S/C14H26N2O4S/c1-2-15(12-8-4-3-5-9-12)21(19,20)16-11-7-6-10-13(16)14(17)18/h12-13H,2-11H2,1H3,(H,17,18). The van der Waals surface area contributed by atoms with Gasteiger partial charge in [-0.3, -0.25) is 4.79 Å². The number of hydrogen-bond acceptors (Lipinski definition) is 3. The summed E-state index contributed by atoms with van der Waals surface area (Å²) in [6.07, 6.45) is 6.98. The quantitative estimate of drug-likeness (QED) is 0.839. The van der Waals surface area contributed by atoms with Gasteiger partial charge in [-0.25, -0.2) is 0 Å². The molecule has 1 aliphatic heterocycles. The molecule has 6 nitrogen and oxygen atoms in total. The van der Waals surface area contributed by atoms with E-state index in [4.69, 9.17) is 0 Å². The molecule has 1 atom stereocenters. The smallest absolute Gasteiger partial charge is 0.322 e. The normalized spacial score (nSPS) is 26.1. The van der Waals surface area contributed by atoms with E-state index in [1.807, 2.05) is 6.92 Å². The second kappa shape index (κ2) is 7.07. The minimum Gasteiger partial charge on any atom is -0.480 e. The molecule has 122 valence electrons. The molecule has 1 saturated heterocycles. The largest absolute Gasteiger partial charge is 0.480 e. The molecule has 0 aromatic carbocycles. The Kier molecular flexibility index (Phi) is 5.62. The van der Waals surface area contributed by atoms with E-state index in [9.17, 15) is 18.3 Å². The summed E-state index contributed by atoms with van der Waals surface area (Å²) in [4.78, 5) is 11.4. The molecule has 1 N–H and O–H groups in total. The highest BCUT2D eigenvalue weighted by Gasteiger charge is 2.41. The van der Waals surface area contributed by atoms with Crippen LogP contribution in [-0.2, 0) is 15.0 Å². The fourth-order valence-electron chi connectivity index (χ4n) is 3.54. The number of hydrogen-bond donors (Lipinski definition) is 1. The lowest BCUT2D eigenvalue weighted by molar-refractivity contribution is -0.142. The molecule has 0 amide bonds. The zero-order valence-corrected chi connectivity index (χ0v) is 13.5. The van der Waals surface area contributed by atoms with Gasteiger partial charge in [-0.2, -0.15) is 17.0 Å². The zero-order valence-electron chi connectivity index (χ0n) is 12.7. The average Bonchev–Trinajstić information content (AvgIpc) is 2.49. The van der Waals surface area contributed by atoms with Crippen LogP contribution in [0.15, 0.2) is 0 Å². The van der Waals surface area contributed by atoms with Gasteiger partial charge in [0.1, 0.15) is 6.04 Å². The topological polar surface area (TPSA) is 77.9 Å². The van der Waals surface area contributed by atoms with E-state index >= 15 is 0 Å². The first-order valence-electron chi connectivity index (χ1n) is 8.00. The Bertz CT molecular complexity index is 460. The van der Waals surface area contributed by atoms with Gasteiger partial charge < -0.3 is 5.11 Å². The summed E-state index contributed by atoms with van der Waals surface area (Å²) in [5.41, 5.74) is 0. The average molecular weight is 318 g/mol. The van der Waals surface area contributed by atoms with Gasteiger partial charge in [-0.05, 0) is 32.1 Å². The van der Waals surface area contributed by atoms with Crippen LogP contribution in [0, 0.1) is 0 Å². The van der Waals surface area contributed by atoms with Crippen LogP contribution < -0.4 is 0 Å². The molecular formula is C14H26N2O4S. The first-order valence-corrected chi connectivity index (χ1v) is 9.39. The molecule has 1 aliphatic carbocycles. The SMILES string of the molecule is CCN(C1CCCCC1)S(=O)(=O)N1CCCCC1C(=O)O. The summed E-state index contributed by atoms with van der Waals surface area (Å²) in [6.45, 7) is 2.57. The van der Waals surface area contributed by atoms with Crippen molar-refractivity contribution in [3.63, 3.8) is 0 Å². The van der Waals surface area contributed by atoms with Crippen molar-refractivity contribution in [2.24, 2.45) is 0 Å². The maximum Gasteiger partial charge on any atom is 0.322 e. The molecule has 7 heteroatoms. The first kappa shape index (κ1) is 16.7. The molecule has 0 aromatic heterocycles. The Morgan fingerprint density at radius 2 is 1.76 bits per heavy atom. The molecule has 1 unspecified atom stereocenters. The summed E-state index contributed by atoms with van der Waals surface area (Å²) in [5, 5.41) is 9.31. The molecule has 2 aliphatic rings. The molecule has 1 heterocycles. The van der Waals surface area contributed by atoms with Gasteiger partial charge >= 0.3 is 5.97 Å². The van der Waals surface area contributed by atoms with Gasteiger partial charge in [-0.15, -0.1) is 0 Å². The van der Waals surface area contributed by atoms with Crippen LogP contribution >= 0.6 is 0 Å². The van der Waals surface area contributed by atoms with Crippen molar-refractivity contribution in [1.82, 2.24) is 8.61 Å². The van der Waals surface area contributed by atoms with Crippen molar-refractivity contribution < 1.29 is 18.3 Å². The van der Waals surface area contributed by atoms with Gasteiger partial charge in [0.2, 0.25) is 0 Å². The third-order valence-corrected chi connectivity index (χ3v) is 6.80. The van der Waals surface area contributed by atoms with Gasteiger partial charge in [0.25, 0.3) is 10.2 Å². The predicted octanol–water partition coefficient (Wildman–Crippen LogP) is 1.82. The first-order chi connectivity index (χ1) is 9.98. The Morgan fingerprint density at radius 3 is 2.33 bits per heavy atom. The van der Waals surface area contributed by atoms with Crippen LogP contribution in [-0.4, -0.2) is 53.3 Å². The summed E-state index contributed by atoms with van der Waals surface area (Å²) < 4.78 is 28.6. The van der Waals surface area contributed by atoms with Gasteiger partial charge in [-0.1, -0.05) is 26.2 Å². The van der Waals surface area contributed by atoms with Crippen LogP contribution in [0.25, 0.3) is 0 Å². The Morgan fingerprint density at radius 1 is 1.14 bits per heavy atom. The molecule has 0 aromatic rings. The summed E-state index contributed by atoms with van der Waals surface area (Å²) in [7, 11) is -3.68. The van der Waals surface area contributed by atoms with Crippen molar-refractivity contribution in [3.8, 4) is 0 Å². The molecule has 0 spiro atoms. The molecule has 0 bridgehead atoms.